The van der Waals surface area contributed by atoms with Gasteiger partial charge in [-0.05, 0) is 24.3 Å². The molecule has 0 amide bonds. The third-order valence-corrected chi connectivity index (χ3v) is 4.89. The highest BCUT2D eigenvalue weighted by molar-refractivity contribution is 7.13. The van der Waals surface area contributed by atoms with Gasteiger partial charge in [0.2, 0.25) is 5.88 Å². The lowest BCUT2D eigenvalue weighted by atomic mass is 9.87. The first-order valence-electron chi connectivity index (χ1n) is 7.15. The minimum atomic E-state index is 0.472. The zero-order valence-corrected chi connectivity index (χ0v) is 11.9. The molecule has 0 aliphatic heterocycles. The van der Waals surface area contributed by atoms with Gasteiger partial charge in [0, 0.05) is 10.8 Å². The van der Waals surface area contributed by atoms with Gasteiger partial charge in [0.25, 0.3) is 0 Å². The summed E-state index contributed by atoms with van der Waals surface area (Å²) < 4.78 is 5.28. The van der Waals surface area contributed by atoms with Crippen LogP contribution >= 0.6 is 11.3 Å². The molecule has 19 heavy (non-hydrogen) atoms. The molecule has 1 aliphatic rings. The van der Waals surface area contributed by atoms with Gasteiger partial charge in [0.15, 0.2) is 0 Å². The van der Waals surface area contributed by atoms with E-state index in [2.05, 4.69) is 16.6 Å². The molecule has 0 unspecified atom stereocenters. The lowest BCUT2D eigenvalue weighted by Gasteiger charge is -2.18. The second-order valence-electron chi connectivity index (χ2n) is 5.33. The fourth-order valence-corrected chi connectivity index (χ4v) is 3.78. The van der Waals surface area contributed by atoms with E-state index in [-0.39, 0.29) is 0 Å². The van der Waals surface area contributed by atoms with Crippen LogP contribution in [-0.4, -0.2) is 5.16 Å². The number of hydrogen-bond acceptors (Lipinski definition) is 4. The summed E-state index contributed by atoms with van der Waals surface area (Å²) in [6.07, 6.45) is 9.08. The third-order valence-electron chi connectivity index (χ3n) is 4.00. The highest BCUT2D eigenvalue weighted by Crippen LogP contribution is 2.40. The van der Waals surface area contributed by atoms with Gasteiger partial charge in [-0.2, -0.15) is 0 Å². The summed E-state index contributed by atoms with van der Waals surface area (Å²) in [7, 11) is 0. The summed E-state index contributed by atoms with van der Waals surface area (Å²) in [5.41, 5.74) is 8.11. The van der Waals surface area contributed by atoms with E-state index in [0.29, 0.717) is 11.8 Å². The first kappa shape index (κ1) is 12.7. The van der Waals surface area contributed by atoms with Crippen molar-refractivity contribution in [2.75, 3.05) is 5.73 Å². The maximum atomic E-state index is 5.99. The standard InChI is InChI=1S/C15H20N2OS/c16-15-13(12-9-6-10-19-12)14(17-18-15)11-7-4-2-1-3-5-8-11/h6,9-11H,1-5,7-8,16H2. The number of hydrogen-bond donors (Lipinski definition) is 1. The Labute approximate surface area is 117 Å². The van der Waals surface area contributed by atoms with E-state index in [1.54, 1.807) is 11.3 Å². The van der Waals surface area contributed by atoms with E-state index in [1.165, 1.54) is 49.8 Å². The molecule has 3 nitrogen and oxygen atoms in total. The Bertz CT molecular complexity index is 510. The second-order valence-corrected chi connectivity index (χ2v) is 6.27. The van der Waals surface area contributed by atoms with E-state index >= 15 is 0 Å². The lowest BCUT2D eigenvalue weighted by molar-refractivity contribution is 0.395. The predicted molar refractivity (Wildman–Crippen MR) is 79.3 cm³/mol. The van der Waals surface area contributed by atoms with Gasteiger partial charge in [0.05, 0.1) is 11.3 Å². The Hall–Kier alpha value is -1.29. The van der Waals surface area contributed by atoms with Gasteiger partial charge in [-0.3, -0.25) is 0 Å². The molecular formula is C15H20N2OS. The number of rotatable bonds is 2. The Balaban J connectivity index is 1.91. The SMILES string of the molecule is Nc1onc(C2CCCCCCC2)c1-c1cccs1. The summed E-state index contributed by atoms with van der Waals surface area (Å²) >= 11 is 1.70. The van der Waals surface area contributed by atoms with Gasteiger partial charge in [-0.15, -0.1) is 11.3 Å². The highest BCUT2D eigenvalue weighted by Gasteiger charge is 2.24. The van der Waals surface area contributed by atoms with Crippen LogP contribution in [0.25, 0.3) is 10.4 Å². The minimum absolute atomic E-state index is 0.472. The first-order chi connectivity index (χ1) is 9.36. The van der Waals surface area contributed by atoms with Crippen LogP contribution in [0.1, 0.15) is 56.6 Å². The Kier molecular flexibility index (Phi) is 3.87. The zero-order valence-electron chi connectivity index (χ0n) is 11.1. The lowest BCUT2D eigenvalue weighted by Crippen LogP contribution is -2.04. The van der Waals surface area contributed by atoms with Gasteiger partial charge in [0.1, 0.15) is 0 Å². The quantitative estimate of drug-likeness (QED) is 0.856. The minimum Gasteiger partial charge on any atom is -0.367 e. The number of nitrogens with zero attached hydrogens (tertiary/aromatic N) is 1. The summed E-state index contributed by atoms with van der Waals surface area (Å²) in [4.78, 5) is 1.18. The molecule has 1 fully saturated rings. The van der Waals surface area contributed by atoms with Crippen molar-refractivity contribution in [1.82, 2.24) is 5.16 Å². The smallest absolute Gasteiger partial charge is 0.231 e. The van der Waals surface area contributed by atoms with Crippen molar-refractivity contribution in [3.05, 3.63) is 23.2 Å². The van der Waals surface area contributed by atoms with E-state index in [4.69, 9.17) is 10.3 Å². The van der Waals surface area contributed by atoms with Gasteiger partial charge < -0.3 is 10.3 Å². The average molecular weight is 276 g/mol. The van der Waals surface area contributed by atoms with Crippen molar-refractivity contribution >= 4 is 17.2 Å². The number of nitrogen functional groups attached to an aromatic ring is 1. The number of thiophene rings is 1. The van der Waals surface area contributed by atoms with Gasteiger partial charge >= 0.3 is 0 Å². The molecule has 0 radical (unpaired) electrons. The molecule has 4 heteroatoms. The van der Waals surface area contributed by atoms with Crippen LogP contribution in [0.5, 0.6) is 0 Å². The number of aromatic nitrogens is 1. The van der Waals surface area contributed by atoms with Crippen molar-refractivity contribution in [3.63, 3.8) is 0 Å². The van der Waals surface area contributed by atoms with Gasteiger partial charge in [-0.1, -0.05) is 43.3 Å². The van der Waals surface area contributed by atoms with Crippen LogP contribution < -0.4 is 5.73 Å². The fraction of sp³-hybridized carbons (Fsp3) is 0.533. The molecule has 2 N–H and O–H groups in total. The molecule has 0 aromatic carbocycles. The van der Waals surface area contributed by atoms with E-state index in [9.17, 15) is 0 Å². The average Bonchev–Trinajstić information content (AvgIpc) is 2.98. The van der Waals surface area contributed by atoms with Crippen molar-refractivity contribution < 1.29 is 4.52 Å². The molecule has 0 atom stereocenters. The normalized spacial score (nSPS) is 18.1. The molecule has 0 bridgehead atoms. The third kappa shape index (κ3) is 2.68. The molecule has 2 aromatic heterocycles. The summed E-state index contributed by atoms with van der Waals surface area (Å²) in [6, 6.07) is 4.15. The van der Waals surface area contributed by atoms with Crippen LogP contribution in [-0.2, 0) is 0 Å². The van der Waals surface area contributed by atoms with E-state index < -0.39 is 0 Å². The monoisotopic (exact) mass is 276 g/mol. The molecule has 1 aliphatic carbocycles. The van der Waals surface area contributed by atoms with Crippen LogP contribution in [0, 0.1) is 0 Å². The molecular weight excluding hydrogens is 256 g/mol. The van der Waals surface area contributed by atoms with Crippen LogP contribution in [0.4, 0.5) is 5.88 Å². The Morgan fingerprint density at radius 1 is 1.16 bits per heavy atom. The molecule has 2 heterocycles. The molecule has 0 spiro atoms. The molecule has 2 aromatic rings. The predicted octanol–water partition coefficient (Wildman–Crippen LogP) is 4.81. The maximum Gasteiger partial charge on any atom is 0.231 e. The van der Waals surface area contributed by atoms with Crippen molar-refractivity contribution in [2.24, 2.45) is 0 Å². The number of anilines is 1. The van der Waals surface area contributed by atoms with Crippen molar-refractivity contribution in [1.29, 1.82) is 0 Å². The van der Waals surface area contributed by atoms with E-state index in [0.717, 1.165) is 11.3 Å². The Morgan fingerprint density at radius 2 is 1.89 bits per heavy atom. The summed E-state index contributed by atoms with van der Waals surface area (Å²) in [5.74, 6) is 0.984. The van der Waals surface area contributed by atoms with E-state index in [1.807, 2.05) is 6.07 Å². The number of nitrogens with two attached hydrogens (primary N) is 1. The summed E-state index contributed by atoms with van der Waals surface area (Å²) in [5, 5.41) is 6.35. The molecule has 1 saturated carbocycles. The topological polar surface area (TPSA) is 52.0 Å². The van der Waals surface area contributed by atoms with Crippen LogP contribution in [0.3, 0.4) is 0 Å². The van der Waals surface area contributed by atoms with Crippen molar-refractivity contribution in [2.45, 2.75) is 50.9 Å². The second kappa shape index (κ2) is 5.78. The Morgan fingerprint density at radius 3 is 2.58 bits per heavy atom. The molecule has 102 valence electrons. The van der Waals surface area contributed by atoms with Crippen LogP contribution in [0.15, 0.2) is 22.0 Å². The molecule has 3 rings (SSSR count). The summed E-state index contributed by atoms with van der Waals surface area (Å²) in [6.45, 7) is 0. The van der Waals surface area contributed by atoms with Crippen molar-refractivity contribution in [3.8, 4) is 10.4 Å². The highest BCUT2D eigenvalue weighted by atomic mass is 32.1. The largest absolute Gasteiger partial charge is 0.367 e. The fourth-order valence-electron chi connectivity index (χ4n) is 2.99. The first-order valence-corrected chi connectivity index (χ1v) is 8.03. The van der Waals surface area contributed by atoms with Gasteiger partial charge in [-0.25, -0.2) is 0 Å². The molecule has 0 saturated heterocycles. The zero-order chi connectivity index (χ0) is 13.1. The maximum absolute atomic E-state index is 5.99. The van der Waals surface area contributed by atoms with Crippen LogP contribution in [0.2, 0.25) is 0 Å².